The number of hydrogen-bond donors (Lipinski definition) is 2. The number of nitrogen functional groups attached to an aromatic ring is 1. The van der Waals surface area contributed by atoms with Crippen molar-refractivity contribution in [3.05, 3.63) is 63.7 Å². The molecule has 0 atom stereocenters. The minimum atomic E-state index is -0.612. The molecule has 0 fully saturated rings. The molecule has 2 rings (SSSR count). The van der Waals surface area contributed by atoms with Crippen LogP contribution in [0.2, 0.25) is 0 Å². The van der Waals surface area contributed by atoms with E-state index in [2.05, 4.69) is 5.32 Å². The first-order valence-electron chi connectivity index (χ1n) is 5.90. The van der Waals surface area contributed by atoms with E-state index in [1.54, 1.807) is 12.1 Å². The van der Waals surface area contributed by atoms with E-state index in [0.29, 0.717) is 5.69 Å². The molecule has 0 saturated carbocycles. The van der Waals surface area contributed by atoms with Crippen LogP contribution < -0.4 is 11.1 Å². The van der Waals surface area contributed by atoms with Gasteiger partial charge in [-0.15, -0.1) is 0 Å². The van der Waals surface area contributed by atoms with Gasteiger partial charge in [-0.3, -0.25) is 14.9 Å². The van der Waals surface area contributed by atoms with Gasteiger partial charge in [0.2, 0.25) is 0 Å². The van der Waals surface area contributed by atoms with Crippen LogP contribution in [0.15, 0.2) is 42.5 Å². The molecule has 3 N–H and O–H groups in total. The van der Waals surface area contributed by atoms with Crippen molar-refractivity contribution < 1.29 is 9.72 Å². The van der Waals surface area contributed by atoms with Gasteiger partial charge in [-0.05, 0) is 30.7 Å². The molecule has 0 spiro atoms. The Bertz CT molecular complexity index is 683. The quantitative estimate of drug-likeness (QED) is 0.509. The molecule has 20 heavy (non-hydrogen) atoms. The highest BCUT2D eigenvalue weighted by atomic mass is 16.6. The Labute approximate surface area is 115 Å². The number of hydrogen-bond acceptors (Lipinski definition) is 4. The van der Waals surface area contributed by atoms with Crippen molar-refractivity contribution >= 4 is 23.0 Å². The van der Waals surface area contributed by atoms with Gasteiger partial charge in [0.25, 0.3) is 11.6 Å². The highest BCUT2D eigenvalue weighted by Gasteiger charge is 2.18. The number of nitrogens with zero attached hydrogens (tertiary/aromatic N) is 1. The number of aryl methyl sites for hydroxylation is 1. The van der Waals surface area contributed by atoms with Crippen LogP contribution in [0, 0.1) is 17.0 Å². The van der Waals surface area contributed by atoms with Crippen molar-refractivity contribution in [1.29, 1.82) is 0 Å². The third-order valence-electron chi connectivity index (χ3n) is 2.80. The Balaban J connectivity index is 2.30. The van der Waals surface area contributed by atoms with Crippen molar-refractivity contribution in [2.24, 2.45) is 0 Å². The molecular formula is C14H13N3O3. The van der Waals surface area contributed by atoms with E-state index < -0.39 is 10.8 Å². The summed E-state index contributed by atoms with van der Waals surface area (Å²) < 4.78 is 0. The molecule has 0 bridgehead atoms. The molecule has 102 valence electrons. The number of nitro benzene ring substituents is 1. The second-order valence-electron chi connectivity index (χ2n) is 4.32. The predicted molar refractivity (Wildman–Crippen MR) is 76.6 cm³/mol. The molecule has 0 saturated heterocycles. The molecule has 6 nitrogen and oxygen atoms in total. The summed E-state index contributed by atoms with van der Waals surface area (Å²) in [6.07, 6.45) is 0. The van der Waals surface area contributed by atoms with Crippen molar-refractivity contribution in [1.82, 2.24) is 0 Å². The minimum Gasteiger partial charge on any atom is -0.393 e. The molecule has 1 amide bonds. The van der Waals surface area contributed by atoms with E-state index >= 15 is 0 Å². The Hall–Kier alpha value is -2.89. The summed E-state index contributed by atoms with van der Waals surface area (Å²) in [5.74, 6) is -0.475. The summed E-state index contributed by atoms with van der Waals surface area (Å²) >= 11 is 0. The molecule has 6 heteroatoms. The number of benzene rings is 2. The summed E-state index contributed by atoms with van der Waals surface area (Å²) in [6.45, 7) is 1.90. The largest absolute Gasteiger partial charge is 0.393 e. The zero-order valence-corrected chi connectivity index (χ0v) is 10.8. The van der Waals surface area contributed by atoms with E-state index in [4.69, 9.17) is 5.73 Å². The summed E-state index contributed by atoms with van der Waals surface area (Å²) in [7, 11) is 0. The second kappa shape index (κ2) is 5.40. The van der Waals surface area contributed by atoms with Crippen LogP contribution in [0.5, 0.6) is 0 Å². The summed E-state index contributed by atoms with van der Waals surface area (Å²) in [4.78, 5) is 22.3. The average molecular weight is 271 g/mol. The normalized spacial score (nSPS) is 10.1. The van der Waals surface area contributed by atoms with Crippen LogP contribution in [-0.2, 0) is 0 Å². The maximum atomic E-state index is 12.1. The number of nitro groups is 1. The maximum Gasteiger partial charge on any atom is 0.292 e. The summed E-state index contributed by atoms with van der Waals surface area (Å²) in [5, 5.41) is 13.5. The van der Waals surface area contributed by atoms with Crippen molar-refractivity contribution in [2.45, 2.75) is 6.92 Å². The highest BCUT2D eigenvalue weighted by Crippen LogP contribution is 2.25. The van der Waals surface area contributed by atoms with Crippen LogP contribution in [0.25, 0.3) is 0 Å². The lowest BCUT2D eigenvalue weighted by Gasteiger charge is -2.08. The fraction of sp³-hybridized carbons (Fsp3) is 0.0714. The number of anilines is 2. The molecule has 0 aliphatic rings. The predicted octanol–water partition coefficient (Wildman–Crippen LogP) is 2.74. The Morgan fingerprint density at radius 3 is 2.60 bits per heavy atom. The number of carbonyl (C=O) groups is 1. The lowest BCUT2D eigenvalue weighted by Crippen LogP contribution is -2.14. The van der Waals surface area contributed by atoms with Gasteiger partial charge < -0.3 is 11.1 Å². The number of nitrogens with one attached hydrogen (secondary N) is 1. The number of para-hydroxylation sites is 1. The first-order chi connectivity index (χ1) is 9.49. The zero-order valence-electron chi connectivity index (χ0n) is 10.8. The number of carbonyl (C=O) groups excluding carboxylic acids is 1. The zero-order chi connectivity index (χ0) is 14.7. The third kappa shape index (κ3) is 2.74. The third-order valence-corrected chi connectivity index (χ3v) is 2.80. The summed E-state index contributed by atoms with van der Waals surface area (Å²) in [5.41, 5.74) is 6.94. The lowest BCUT2D eigenvalue weighted by molar-refractivity contribution is -0.383. The van der Waals surface area contributed by atoms with Crippen molar-refractivity contribution in [3.63, 3.8) is 0 Å². The van der Waals surface area contributed by atoms with Gasteiger partial charge in [-0.1, -0.05) is 18.2 Å². The van der Waals surface area contributed by atoms with Crippen LogP contribution in [0.1, 0.15) is 15.9 Å². The number of rotatable bonds is 3. The van der Waals surface area contributed by atoms with Crippen LogP contribution in [-0.4, -0.2) is 10.8 Å². The van der Waals surface area contributed by atoms with E-state index in [1.165, 1.54) is 18.2 Å². The summed E-state index contributed by atoms with van der Waals surface area (Å²) in [6, 6.07) is 11.4. The van der Waals surface area contributed by atoms with Gasteiger partial charge in [0, 0.05) is 11.8 Å². The topological polar surface area (TPSA) is 98.3 Å². The first kappa shape index (κ1) is 13.5. The van der Waals surface area contributed by atoms with Crippen molar-refractivity contribution in [2.75, 3.05) is 11.1 Å². The molecular weight excluding hydrogens is 258 g/mol. The van der Waals surface area contributed by atoms with Crippen LogP contribution >= 0.6 is 0 Å². The van der Waals surface area contributed by atoms with Gasteiger partial charge in [0.05, 0.1) is 10.5 Å². The Kier molecular flexibility index (Phi) is 3.65. The fourth-order valence-electron chi connectivity index (χ4n) is 1.83. The molecule has 0 aliphatic heterocycles. The molecule has 0 unspecified atom stereocenters. The van der Waals surface area contributed by atoms with E-state index in [9.17, 15) is 14.9 Å². The Morgan fingerprint density at radius 2 is 1.95 bits per heavy atom. The molecule has 0 aliphatic carbocycles. The highest BCUT2D eigenvalue weighted by molar-refractivity contribution is 6.08. The molecule has 2 aromatic rings. The SMILES string of the molecule is Cc1cccc(NC(=O)c2cccc([N+](=O)[O-])c2N)c1. The van der Waals surface area contributed by atoms with Crippen LogP contribution in [0.4, 0.5) is 17.1 Å². The van der Waals surface area contributed by atoms with E-state index in [-0.39, 0.29) is 16.9 Å². The number of amides is 1. The van der Waals surface area contributed by atoms with Gasteiger partial charge in [0.1, 0.15) is 5.69 Å². The smallest absolute Gasteiger partial charge is 0.292 e. The van der Waals surface area contributed by atoms with E-state index in [1.807, 2.05) is 19.1 Å². The average Bonchev–Trinajstić information content (AvgIpc) is 2.38. The second-order valence-corrected chi connectivity index (χ2v) is 4.32. The molecule has 2 aromatic carbocycles. The first-order valence-corrected chi connectivity index (χ1v) is 5.90. The maximum absolute atomic E-state index is 12.1. The van der Waals surface area contributed by atoms with Crippen LogP contribution in [0.3, 0.4) is 0 Å². The lowest BCUT2D eigenvalue weighted by atomic mass is 10.1. The Morgan fingerprint density at radius 1 is 1.25 bits per heavy atom. The molecule has 0 heterocycles. The molecule has 0 radical (unpaired) electrons. The van der Waals surface area contributed by atoms with Crippen molar-refractivity contribution in [3.8, 4) is 0 Å². The van der Waals surface area contributed by atoms with Gasteiger partial charge in [-0.25, -0.2) is 0 Å². The number of nitrogens with two attached hydrogens (primary N) is 1. The van der Waals surface area contributed by atoms with Gasteiger partial charge in [-0.2, -0.15) is 0 Å². The molecule has 0 aromatic heterocycles. The minimum absolute atomic E-state index is 0.0840. The standard InChI is InChI=1S/C14H13N3O3/c1-9-4-2-5-10(8-9)16-14(18)11-6-3-7-12(13(11)15)17(19)20/h2-8H,15H2,1H3,(H,16,18). The van der Waals surface area contributed by atoms with Gasteiger partial charge >= 0.3 is 0 Å². The monoisotopic (exact) mass is 271 g/mol. The van der Waals surface area contributed by atoms with E-state index in [0.717, 1.165) is 5.56 Å². The fourth-order valence-corrected chi connectivity index (χ4v) is 1.83. The van der Waals surface area contributed by atoms with Gasteiger partial charge in [0.15, 0.2) is 0 Å².